The van der Waals surface area contributed by atoms with Crippen molar-refractivity contribution in [1.29, 1.82) is 0 Å². The van der Waals surface area contributed by atoms with Gasteiger partial charge in [0.05, 0.1) is 32.0 Å². The van der Waals surface area contributed by atoms with Gasteiger partial charge in [-0.25, -0.2) is 9.37 Å². The normalized spacial score (nSPS) is 17.7. The van der Waals surface area contributed by atoms with Gasteiger partial charge in [-0.1, -0.05) is 0 Å². The highest BCUT2D eigenvalue weighted by Gasteiger charge is 2.57. The molecule has 0 fully saturated rings. The first-order chi connectivity index (χ1) is 19.8. The van der Waals surface area contributed by atoms with E-state index < -0.39 is 41.3 Å². The Morgan fingerprint density at radius 2 is 1.76 bits per heavy atom. The van der Waals surface area contributed by atoms with Crippen molar-refractivity contribution >= 4 is 5.91 Å². The zero-order valence-electron chi connectivity index (χ0n) is 23.1. The third-order valence-electron chi connectivity index (χ3n) is 7.07. The Kier molecular flexibility index (Phi) is 8.67. The molecule has 1 aliphatic rings. The summed E-state index contributed by atoms with van der Waals surface area (Å²) >= 11 is 0. The van der Waals surface area contributed by atoms with E-state index in [0.717, 1.165) is 18.2 Å². The van der Waals surface area contributed by atoms with Crippen LogP contribution >= 0.6 is 0 Å². The highest BCUT2D eigenvalue weighted by atomic mass is 19.4. The molecule has 0 saturated carbocycles. The molecular formula is C29H31F4N3O6. The highest BCUT2D eigenvalue weighted by Crippen LogP contribution is 2.46. The van der Waals surface area contributed by atoms with Crippen molar-refractivity contribution < 1.29 is 46.8 Å². The molecule has 2 heterocycles. The lowest BCUT2D eigenvalue weighted by atomic mass is 9.89. The maximum atomic E-state index is 14.6. The van der Waals surface area contributed by atoms with Crippen molar-refractivity contribution in [2.75, 3.05) is 34.0 Å². The molecule has 42 heavy (non-hydrogen) atoms. The molecular weight excluding hydrogens is 562 g/mol. The van der Waals surface area contributed by atoms with Gasteiger partial charge in [0.15, 0.2) is 5.75 Å². The molecule has 9 nitrogen and oxygen atoms in total. The molecule has 2 aromatic carbocycles. The van der Waals surface area contributed by atoms with Gasteiger partial charge in [-0.15, -0.1) is 0 Å². The highest BCUT2D eigenvalue weighted by molar-refractivity contribution is 5.95. The van der Waals surface area contributed by atoms with E-state index in [4.69, 9.17) is 19.9 Å². The molecule has 2 atom stereocenters. The molecule has 0 aliphatic carbocycles. The average Bonchev–Trinajstić information content (AvgIpc) is 3.27. The number of rotatable bonds is 10. The number of hydrogen-bond donors (Lipinski definition) is 4. The monoisotopic (exact) mass is 593 g/mol. The van der Waals surface area contributed by atoms with Crippen LogP contribution < -0.4 is 25.3 Å². The van der Waals surface area contributed by atoms with E-state index in [1.807, 2.05) is 0 Å². The van der Waals surface area contributed by atoms with Gasteiger partial charge in [-0.3, -0.25) is 4.79 Å². The Morgan fingerprint density at radius 1 is 1.14 bits per heavy atom. The fourth-order valence-corrected chi connectivity index (χ4v) is 4.68. The number of hydrogen-bond acceptors (Lipinski definition) is 8. The fraction of sp³-hybridized carbons (Fsp3) is 0.379. The molecule has 0 bridgehead atoms. The van der Waals surface area contributed by atoms with E-state index in [1.165, 1.54) is 38.5 Å². The lowest BCUT2D eigenvalue weighted by molar-refractivity contribution is -0.265. The maximum absolute atomic E-state index is 14.6. The van der Waals surface area contributed by atoms with Crippen molar-refractivity contribution in [2.45, 2.75) is 37.1 Å². The van der Waals surface area contributed by atoms with Crippen molar-refractivity contribution in [3.05, 3.63) is 70.7 Å². The number of aliphatic hydroxyl groups is 2. The number of nitrogens with two attached hydrogens (primary N) is 1. The minimum Gasteiger partial charge on any atom is -0.496 e. The summed E-state index contributed by atoms with van der Waals surface area (Å²) in [6.45, 7) is 0.0832. The van der Waals surface area contributed by atoms with Crippen LogP contribution in [0.25, 0.3) is 11.3 Å². The maximum Gasteiger partial charge on any atom is 0.424 e. The summed E-state index contributed by atoms with van der Waals surface area (Å²) in [6.07, 6.45) is -4.55. The fourth-order valence-electron chi connectivity index (χ4n) is 4.68. The summed E-state index contributed by atoms with van der Waals surface area (Å²) in [7, 11) is 2.71. The van der Waals surface area contributed by atoms with Crippen LogP contribution in [0, 0.1) is 5.82 Å². The van der Waals surface area contributed by atoms with Crippen LogP contribution in [-0.4, -0.2) is 61.3 Å². The van der Waals surface area contributed by atoms with Crippen LogP contribution in [0.2, 0.25) is 0 Å². The van der Waals surface area contributed by atoms with Gasteiger partial charge >= 0.3 is 6.18 Å². The van der Waals surface area contributed by atoms with E-state index in [-0.39, 0.29) is 52.8 Å². The van der Waals surface area contributed by atoms with Gasteiger partial charge in [-0.2, -0.15) is 13.2 Å². The first-order valence-corrected chi connectivity index (χ1v) is 12.9. The van der Waals surface area contributed by atoms with Gasteiger partial charge in [-0.05, 0) is 62.2 Å². The smallest absolute Gasteiger partial charge is 0.424 e. The summed E-state index contributed by atoms with van der Waals surface area (Å²) in [6, 6.07) is 8.52. The van der Waals surface area contributed by atoms with Crippen molar-refractivity contribution in [3.63, 3.8) is 0 Å². The molecule has 5 N–H and O–H groups in total. The summed E-state index contributed by atoms with van der Waals surface area (Å²) in [5.41, 5.74) is 1.40. The second-order valence-corrected chi connectivity index (χ2v) is 10.2. The number of nitrogens with one attached hydrogen (secondary N) is 1. The van der Waals surface area contributed by atoms with Crippen molar-refractivity contribution in [3.8, 4) is 28.5 Å². The zero-order valence-corrected chi connectivity index (χ0v) is 23.1. The number of carbonyl (C=O) groups is 1. The number of nitrogens with zero attached hydrogens (tertiary/aromatic N) is 1. The third-order valence-corrected chi connectivity index (χ3v) is 7.07. The second kappa shape index (κ2) is 11.7. The largest absolute Gasteiger partial charge is 0.496 e. The lowest BCUT2D eigenvalue weighted by Gasteiger charge is -2.31. The van der Waals surface area contributed by atoms with E-state index in [9.17, 15) is 32.6 Å². The lowest BCUT2D eigenvalue weighted by Crippen LogP contribution is -2.51. The van der Waals surface area contributed by atoms with Crippen LogP contribution in [0.3, 0.4) is 0 Å². The third kappa shape index (κ3) is 5.85. The van der Waals surface area contributed by atoms with Crippen LogP contribution in [0.15, 0.2) is 42.5 Å². The van der Waals surface area contributed by atoms with E-state index >= 15 is 0 Å². The van der Waals surface area contributed by atoms with Gasteiger partial charge in [0.2, 0.25) is 5.60 Å². The van der Waals surface area contributed by atoms with Crippen LogP contribution in [0.4, 0.5) is 17.6 Å². The van der Waals surface area contributed by atoms with E-state index in [1.54, 1.807) is 6.92 Å². The number of fused-ring (bicyclic) bond motifs is 1. The van der Waals surface area contributed by atoms with Gasteiger partial charge in [0.25, 0.3) is 5.91 Å². The molecule has 0 spiro atoms. The number of benzene rings is 2. The van der Waals surface area contributed by atoms with Crippen LogP contribution in [0.1, 0.15) is 40.5 Å². The first-order valence-electron chi connectivity index (χ1n) is 12.9. The molecule has 0 saturated heterocycles. The number of aromatic nitrogens is 1. The number of amides is 1. The van der Waals surface area contributed by atoms with E-state index in [0.29, 0.717) is 18.4 Å². The molecule has 1 aromatic heterocycles. The number of aliphatic hydroxyl groups excluding tert-OH is 1. The Labute approximate surface area is 239 Å². The predicted octanol–water partition coefficient (Wildman–Crippen LogP) is 3.58. The Morgan fingerprint density at radius 3 is 2.31 bits per heavy atom. The topological polar surface area (TPSA) is 136 Å². The summed E-state index contributed by atoms with van der Waals surface area (Å²) < 4.78 is 73.6. The SMILES string of the molecule is COc1cc(C(=O)NC[C@@](O)(c2cc3c(c(-c4ccc(F)cc4)n2)OC[C@@]3(C)N)C(F)(F)F)cc(OC)c1CCCO. The van der Waals surface area contributed by atoms with Gasteiger partial charge in [0.1, 0.15) is 29.6 Å². The molecule has 0 unspecified atom stereocenters. The zero-order chi connectivity index (χ0) is 30.9. The molecule has 3 aromatic rings. The quantitative estimate of drug-likeness (QED) is 0.262. The van der Waals surface area contributed by atoms with Crippen molar-refractivity contribution in [1.82, 2.24) is 10.3 Å². The molecule has 1 amide bonds. The summed E-state index contributed by atoms with van der Waals surface area (Å²) in [4.78, 5) is 17.2. The summed E-state index contributed by atoms with van der Waals surface area (Å²) in [5.74, 6) is -0.921. The number of halogens is 4. The van der Waals surface area contributed by atoms with Gasteiger partial charge < -0.3 is 35.5 Å². The number of methoxy groups -OCH3 is 2. The average molecular weight is 594 g/mol. The number of ether oxygens (including phenoxy) is 3. The molecule has 0 radical (unpaired) electrons. The number of alkyl halides is 3. The predicted molar refractivity (Wildman–Crippen MR) is 144 cm³/mol. The molecule has 226 valence electrons. The second-order valence-electron chi connectivity index (χ2n) is 10.2. The van der Waals surface area contributed by atoms with Crippen molar-refractivity contribution in [2.24, 2.45) is 5.73 Å². The first kappa shape index (κ1) is 31.0. The standard InChI is InChI=1S/C29H31F4N3O6/c1-27(34)15-42-25-20(27)13-23(36-24(25)16-6-8-18(30)9-7-16)28(39,29(31,32)33)14-35-26(38)17-11-21(40-2)19(5-4-10-37)22(12-17)41-3/h6-9,11-13,37,39H,4-5,10,14-15,34H2,1-3H3,(H,35,38)/t27-,28-/m1/s1. The number of pyridine rings is 1. The minimum absolute atomic E-state index is 0.0686. The molecule has 4 rings (SSSR count). The minimum atomic E-state index is -5.30. The van der Waals surface area contributed by atoms with Gasteiger partial charge in [0, 0.05) is 28.9 Å². The molecule has 13 heteroatoms. The molecule has 1 aliphatic heterocycles. The Balaban J connectivity index is 1.74. The Hall–Kier alpha value is -3.94. The summed E-state index contributed by atoms with van der Waals surface area (Å²) in [5, 5.41) is 22.5. The van der Waals surface area contributed by atoms with Crippen LogP contribution in [-0.2, 0) is 17.6 Å². The van der Waals surface area contributed by atoms with Crippen LogP contribution in [0.5, 0.6) is 17.2 Å². The van der Waals surface area contributed by atoms with E-state index in [2.05, 4.69) is 10.3 Å². The number of carbonyl (C=O) groups excluding carboxylic acids is 1. The Bertz CT molecular complexity index is 1440.